The zero-order valence-electron chi connectivity index (χ0n) is 48.1. The number of unbranched alkanes of at least 4 members (excludes halogenated alkanes) is 34. The summed E-state index contributed by atoms with van der Waals surface area (Å²) in [6.45, 7) is 31.7. The monoisotopic (exact) mass is 976 g/mol. The van der Waals surface area contributed by atoms with Crippen LogP contribution in [-0.2, 0) is 0 Å². The molecular weight excluding hydrogens is 831 g/mol. The Labute approximate surface area is 445 Å². The fourth-order valence-corrected chi connectivity index (χ4v) is 9.83. The number of nitrogens with zero attached hydrogens (tertiary/aromatic N) is 1. The van der Waals surface area contributed by atoms with Crippen molar-refractivity contribution >= 4 is 0 Å². The maximum Gasteiger partial charge on any atom is 0 e. The first-order chi connectivity index (χ1) is 32.3. The molecule has 0 radical (unpaired) electrons. The van der Waals surface area contributed by atoms with Crippen molar-refractivity contribution in [2.24, 2.45) is 17.3 Å². The van der Waals surface area contributed by atoms with Crippen LogP contribution in [0, 0.1) is 17.3 Å². The zero-order valence-corrected chi connectivity index (χ0v) is 48.1. The van der Waals surface area contributed by atoms with Gasteiger partial charge in [-0.25, -0.2) is 0 Å². The first-order valence-corrected chi connectivity index (χ1v) is 30.8. The molecule has 69 heavy (non-hydrogen) atoms. The standard InChI is InChI=1S/C46H90.C17H37N.C2H4.3CH4.H2/c1-7-9-11-13-15-17-19-21-23-25-27-29-31-33-35-37-39-41-44(3)43-46(5,6)45(4)42-40-38-36-34-32-30-28-26-24-22-20-18-16-14-12-10-8-2;1-4-7-10-11-14-17-18(15-12-8-5-2)16-13-9-6-3;1-2;;;;/h21-24,44-45H,7-20,25-43H2,1-6H3;4-17H2,1-3H3;1-2H2;3*1H4;1H/b23-21-,24-22-;;;;;;. The molecule has 0 aromatic heterocycles. The van der Waals surface area contributed by atoms with Gasteiger partial charge in [-0.15, -0.1) is 13.2 Å². The molecule has 0 N–H and O–H groups in total. The SMILES string of the molecule is C.C.C.C=C.CCCCCCCC/C=C\CCCCCCCCCC(C)CC(C)(C)C(C)CCCCCCCCC/C=C\CCCCCCCC.CCCCCCCN(CCCCC)CCCCC.[HH]. The summed E-state index contributed by atoms with van der Waals surface area (Å²) in [7, 11) is 0. The minimum absolute atomic E-state index is 0. The summed E-state index contributed by atoms with van der Waals surface area (Å²) in [5, 5.41) is 0. The summed E-state index contributed by atoms with van der Waals surface area (Å²) in [5.74, 6) is 1.73. The van der Waals surface area contributed by atoms with Crippen molar-refractivity contribution in [1.29, 1.82) is 0 Å². The van der Waals surface area contributed by atoms with E-state index in [2.05, 4.69) is 105 Å². The molecule has 1 nitrogen and oxygen atoms in total. The predicted octanol–water partition coefficient (Wildman–Crippen LogP) is 25.9. The van der Waals surface area contributed by atoms with Gasteiger partial charge >= 0.3 is 0 Å². The lowest BCUT2D eigenvalue weighted by Gasteiger charge is -2.34. The van der Waals surface area contributed by atoms with Gasteiger partial charge in [0.15, 0.2) is 0 Å². The lowest BCUT2D eigenvalue weighted by Crippen LogP contribution is -2.27. The molecule has 0 heterocycles. The fraction of sp³-hybridized carbons (Fsp3) is 0.912. The van der Waals surface area contributed by atoms with Crippen molar-refractivity contribution < 1.29 is 1.43 Å². The van der Waals surface area contributed by atoms with Crippen LogP contribution in [0.15, 0.2) is 37.5 Å². The molecule has 0 amide bonds. The largest absolute Gasteiger partial charge is 0.303 e. The second-order valence-corrected chi connectivity index (χ2v) is 22.0. The quantitative estimate of drug-likeness (QED) is 0.0434. The predicted molar refractivity (Wildman–Crippen MR) is 332 cm³/mol. The third kappa shape index (κ3) is 67.2. The smallest absolute Gasteiger partial charge is 0 e. The zero-order chi connectivity index (χ0) is 49.3. The van der Waals surface area contributed by atoms with Gasteiger partial charge < -0.3 is 4.90 Å². The van der Waals surface area contributed by atoms with Crippen LogP contribution in [0.3, 0.4) is 0 Å². The summed E-state index contributed by atoms with van der Waals surface area (Å²) in [6.07, 6.45) is 71.8. The molecule has 0 aliphatic heterocycles. The maximum atomic E-state index is 3.00. The van der Waals surface area contributed by atoms with Crippen LogP contribution < -0.4 is 0 Å². The Morgan fingerprint density at radius 2 is 0.580 bits per heavy atom. The van der Waals surface area contributed by atoms with Crippen LogP contribution in [0.4, 0.5) is 0 Å². The molecule has 422 valence electrons. The van der Waals surface area contributed by atoms with Gasteiger partial charge in [0.1, 0.15) is 0 Å². The molecule has 0 spiro atoms. The van der Waals surface area contributed by atoms with Crippen LogP contribution in [0.25, 0.3) is 0 Å². The van der Waals surface area contributed by atoms with Crippen molar-refractivity contribution in [1.82, 2.24) is 4.90 Å². The Kier molecular flexibility index (Phi) is 79.9. The summed E-state index contributed by atoms with van der Waals surface area (Å²) >= 11 is 0. The van der Waals surface area contributed by atoms with E-state index in [1.807, 2.05) is 0 Å². The first-order valence-electron chi connectivity index (χ1n) is 30.8. The van der Waals surface area contributed by atoms with Crippen molar-refractivity contribution in [2.45, 2.75) is 367 Å². The highest BCUT2D eigenvalue weighted by atomic mass is 15.1. The van der Waals surface area contributed by atoms with Gasteiger partial charge in [-0.05, 0) is 114 Å². The molecule has 1 heteroatoms. The van der Waals surface area contributed by atoms with E-state index in [0.29, 0.717) is 5.41 Å². The van der Waals surface area contributed by atoms with Gasteiger partial charge in [-0.2, -0.15) is 0 Å². The third-order valence-corrected chi connectivity index (χ3v) is 14.8. The molecule has 0 aromatic rings. The Balaban J connectivity index is -0.000000279. The molecule has 2 unspecified atom stereocenters. The second-order valence-electron chi connectivity index (χ2n) is 22.0. The average Bonchev–Trinajstić information content (AvgIpc) is 3.31. The Morgan fingerprint density at radius 3 is 0.899 bits per heavy atom. The van der Waals surface area contributed by atoms with E-state index in [4.69, 9.17) is 0 Å². The second kappa shape index (κ2) is 69.3. The molecule has 0 aliphatic rings. The number of hydrogen-bond acceptors (Lipinski definition) is 1. The van der Waals surface area contributed by atoms with Crippen molar-refractivity contribution in [3.63, 3.8) is 0 Å². The maximum absolute atomic E-state index is 3.00. The van der Waals surface area contributed by atoms with Gasteiger partial charge in [0.05, 0.1) is 0 Å². The molecule has 2 atom stereocenters. The fourth-order valence-electron chi connectivity index (χ4n) is 9.83. The number of hydrogen-bond donors (Lipinski definition) is 0. The van der Waals surface area contributed by atoms with Gasteiger partial charge in [0.2, 0.25) is 0 Å². The topological polar surface area (TPSA) is 3.24 Å². The lowest BCUT2D eigenvalue weighted by molar-refractivity contribution is 0.162. The molecule has 0 saturated heterocycles. The van der Waals surface area contributed by atoms with Crippen molar-refractivity contribution in [3.05, 3.63) is 37.5 Å². The van der Waals surface area contributed by atoms with Crippen LogP contribution in [-0.4, -0.2) is 24.5 Å². The Hall–Kier alpha value is -0.820. The van der Waals surface area contributed by atoms with Gasteiger partial charge in [-0.3, -0.25) is 0 Å². The molecule has 0 bridgehead atoms. The van der Waals surface area contributed by atoms with Gasteiger partial charge in [0, 0.05) is 1.43 Å². The van der Waals surface area contributed by atoms with Gasteiger partial charge in [0.25, 0.3) is 0 Å². The number of rotatable bonds is 51. The van der Waals surface area contributed by atoms with Crippen molar-refractivity contribution in [3.8, 4) is 0 Å². The van der Waals surface area contributed by atoms with Crippen LogP contribution in [0.1, 0.15) is 369 Å². The molecule has 0 rings (SSSR count). The van der Waals surface area contributed by atoms with E-state index in [0.717, 1.165) is 11.8 Å². The normalized spacial score (nSPS) is 12.2. The van der Waals surface area contributed by atoms with E-state index < -0.39 is 0 Å². The minimum Gasteiger partial charge on any atom is -0.303 e. The highest BCUT2D eigenvalue weighted by Crippen LogP contribution is 2.38. The summed E-state index contributed by atoms with van der Waals surface area (Å²) < 4.78 is 0. The molecule has 0 fully saturated rings. The molecule has 0 aliphatic carbocycles. The van der Waals surface area contributed by atoms with Crippen LogP contribution >= 0.6 is 0 Å². The third-order valence-electron chi connectivity index (χ3n) is 14.8. The Morgan fingerprint density at radius 1 is 0.348 bits per heavy atom. The lowest BCUT2D eigenvalue weighted by atomic mass is 9.71. The van der Waals surface area contributed by atoms with Gasteiger partial charge in [-0.1, -0.05) is 314 Å². The molecule has 0 aromatic carbocycles. The van der Waals surface area contributed by atoms with E-state index in [1.54, 1.807) is 0 Å². The van der Waals surface area contributed by atoms with Crippen LogP contribution in [0.2, 0.25) is 0 Å². The minimum atomic E-state index is 0. The average molecular weight is 977 g/mol. The molecular formula is C68H145N. The summed E-state index contributed by atoms with van der Waals surface area (Å²) in [5.41, 5.74) is 0.491. The van der Waals surface area contributed by atoms with Crippen LogP contribution in [0.5, 0.6) is 0 Å². The highest BCUT2D eigenvalue weighted by Gasteiger charge is 2.27. The van der Waals surface area contributed by atoms with E-state index in [-0.39, 0.29) is 23.7 Å². The van der Waals surface area contributed by atoms with Crippen molar-refractivity contribution in [2.75, 3.05) is 19.6 Å². The Bertz CT molecular complexity index is 897. The van der Waals surface area contributed by atoms with E-state index in [1.165, 1.54) is 302 Å². The summed E-state index contributed by atoms with van der Waals surface area (Å²) in [6, 6.07) is 0. The van der Waals surface area contributed by atoms with E-state index in [9.17, 15) is 0 Å². The van der Waals surface area contributed by atoms with E-state index >= 15 is 0 Å². The first kappa shape index (κ1) is 79.6. The summed E-state index contributed by atoms with van der Waals surface area (Å²) in [4.78, 5) is 2.72. The number of allylic oxidation sites excluding steroid dienone is 4. The molecule has 0 saturated carbocycles. The highest BCUT2D eigenvalue weighted by molar-refractivity contribution is 4.82.